The summed E-state index contributed by atoms with van der Waals surface area (Å²) in [5.74, 6) is -1.40. The molecule has 0 heterocycles. The molecule has 0 aromatic rings. The van der Waals surface area contributed by atoms with Crippen LogP contribution in [-0.2, 0) is 19.4 Å². The molecule has 0 aliphatic rings. The smallest absolute Gasteiger partial charge is 0.370 e. The van der Waals surface area contributed by atoms with Gasteiger partial charge in [0.1, 0.15) is 6.04 Å². The minimum Gasteiger partial charge on any atom is -0.370 e. The van der Waals surface area contributed by atoms with E-state index < -0.39 is 18.0 Å². The molecule has 0 saturated heterocycles. The van der Waals surface area contributed by atoms with Crippen molar-refractivity contribution in [3.05, 3.63) is 0 Å². The summed E-state index contributed by atoms with van der Waals surface area (Å²) >= 11 is 0. The highest BCUT2D eigenvalue weighted by Crippen LogP contribution is 1.99. The summed E-state index contributed by atoms with van der Waals surface area (Å²) < 4.78 is 0. The van der Waals surface area contributed by atoms with E-state index in [9.17, 15) is 9.59 Å². The van der Waals surface area contributed by atoms with Crippen LogP contribution in [0.4, 0.5) is 0 Å². The Morgan fingerprint density at radius 2 is 1.94 bits per heavy atom. The maximum absolute atomic E-state index is 11.3. The second-order valence-electron chi connectivity index (χ2n) is 3.66. The fraction of sp³-hybridized carbons (Fsp3) is 0.700. The summed E-state index contributed by atoms with van der Waals surface area (Å²) in [6.07, 6.45) is 1.66. The maximum Gasteiger partial charge on any atom is 0.372 e. The van der Waals surface area contributed by atoms with E-state index in [2.05, 4.69) is 14.8 Å². The molecule has 8 heteroatoms. The van der Waals surface area contributed by atoms with Gasteiger partial charge in [0.25, 0.3) is 0 Å². The first-order valence-corrected chi connectivity index (χ1v) is 5.69. The molecule has 8 nitrogen and oxygen atoms in total. The molecule has 0 aliphatic carbocycles. The number of guanidine groups is 1. The third kappa shape index (κ3) is 8.34. The van der Waals surface area contributed by atoms with Crippen molar-refractivity contribution < 1.29 is 19.4 Å². The highest BCUT2D eigenvalue weighted by Gasteiger charge is 2.17. The molecule has 6 N–H and O–H groups in total. The van der Waals surface area contributed by atoms with E-state index in [4.69, 9.17) is 17.2 Å². The van der Waals surface area contributed by atoms with Gasteiger partial charge in [-0.3, -0.25) is 4.99 Å². The van der Waals surface area contributed by atoms with Crippen LogP contribution in [-0.4, -0.2) is 30.5 Å². The molecular weight excluding hydrogens is 240 g/mol. The first-order chi connectivity index (χ1) is 8.47. The van der Waals surface area contributed by atoms with Crippen LogP contribution in [0.25, 0.3) is 0 Å². The van der Waals surface area contributed by atoms with Crippen LogP contribution in [0.5, 0.6) is 0 Å². The Labute approximate surface area is 105 Å². The number of nitrogens with two attached hydrogens (primary N) is 3. The molecule has 18 heavy (non-hydrogen) atoms. The van der Waals surface area contributed by atoms with Gasteiger partial charge in [-0.1, -0.05) is 6.92 Å². The van der Waals surface area contributed by atoms with Gasteiger partial charge < -0.3 is 17.2 Å². The van der Waals surface area contributed by atoms with Crippen molar-refractivity contribution in [2.75, 3.05) is 6.54 Å². The van der Waals surface area contributed by atoms with Crippen molar-refractivity contribution in [3.8, 4) is 0 Å². The molecular formula is C10H20N4O4. The molecule has 0 saturated carbocycles. The van der Waals surface area contributed by atoms with Gasteiger partial charge in [-0.25, -0.2) is 19.4 Å². The summed E-state index contributed by atoms with van der Waals surface area (Å²) in [5, 5.41) is 0. The number of rotatable bonds is 7. The molecule has 1 atom stereocenters. The zero-order valence-electron chi connectivity index (χ0n) is 10.4. The van der Waals surface area contributed by atoms with Crippen LogP contribution in [0.1, 0.15) is 32.6 Å². The zero-order valence-corrected chi connectivity index (χ0v) is 10.4. The molecule has 0 rings (SSSR count). The van der Waals surface area contributed by atoms with Crippen molar-refractivity contribution in [1.82, 2.24) is 0 Å². The van der Waals surface area contributed by atoms with Crippen molar-refractivity contribution in [2.45, 2.75) is 38.6 Å². The largest absolute Gasteiger partial charge is 0.372 e. The van der Waals surface area contributed by atoms with Crippen LogP contribution in [0.3, 0.4) is 0 Å². The monoisotopic (exact) mass is 260 g/mol. The van der Waals surface area contributed by atoms with Crippen molar-refractivity contribution in [3.63, 3.8) is 0 Å². The summed E-state index contributed by atoms with van der Waals surface area (Å²) in [7, 11) is 0. The molecule has 0 aliphatic heterocycles. The molecule has 0 amide bonds. The molecule has 0 fully saturated rings. The Kier molecular flexibility index (Phi) is 8.29. The molecule has 0 spiro atoms. The van der Waals surface area contributed by atoms with Crippen LogP contribution >= 0.6 is 0 Å². The number of nitrogens with zero attached hydrogens (tertiary/aromatic N) is 1. The average molecular weight is 260 g/mol. The fourth-order valence-corrected chi connectivity index (χ4v) is 1.03. The van der Waals surface area contributed by atoms with E-state index in [1.54, 1.807) is 6.92 Å². The Morgan fingerprint density at radius 1 is 1.28 bits per heavy atom. The van der Waals surface area contributed by atoms with Crippen molar-refractivity contribution in [1.29, 1.82) is 0 Å². The minimum atomic E-state index is -0.867. The van der Waals surface area contributed by atoms with Gasteiger partial charge in [0, 0.05) is 13.0 Å². The van der Waals surface area contributed by atoms with Gasteiger partial charge in [0.2, 0.25) is 0 Å². The standard InChI is InChI=1S/C10H20N4O4/c1-2-4-8(15)17-18-9(16)7(11)5-3-6-14-10(12)13/h7H,2-6,11H2,1H3,(H4,12,13,14)/t7-/m0/s1. The first kappa shape index (κ1) is 16.2. The van der Waals surface area contributed by atoms with Gasteiger partial charge in [-0.2, -0.15) is 0 Å². The Balaban J connectivity index is 3.76. The van der Waals surface area contributed by atoms with Crippen molar-refractivity contribution in [2.24, 2.45) is 22.2 Å². The lowest BCUT2D eigenvalue weighted by Gasteiger charge is -2.08. The predicted octanol–water partition coefficient (Wildman–Crippen LogP) is -0.831. The zero-order chi connectivity index (χ0) is 14.0. The highest BCUT2D eigenvalue weighted by molar-refractivity contribution is 5.77. The van der Waals surface area contributed by atoms with E-state index in [1.165, 1.54) is 0 Å². The SMILES string of the molecule is CCCC(=O)OOC(=O)[C@@H](N)CCCN=C(N)N. The van der Waals surface area contributed by atoms with Crippen LogP contribution in [0.2, 0.25) is 0 Å². The Hall–Kier alpha value is -1.83. The third-order valence-corrected chi connectivity index (χ3v) is 1.94. The van der Waals surface area contributed by atoms with E-state index >= 15 is 0 Å². The Morgan fingerprint density at radius 3 is 2.50 bits per heavy atom. The van der Waals surface area contributed by atoms with Crippen LogP contribution in [0, 0.1) is 0 Å². The lowest BCUT2D eigenvalue weighted by molar-refractivity contribution is -0.260. The predicted molar refractivity (Wildman–Crippen MR) is 65.0 cm³/mol. The second-order valence-corrected chi connectivity index (χ2v) is 3.66. The number of hydrogen-bond donors (Lipinski definition) is 3. The van der Waals surface area contributed by atoms with Crippen LogP contribution < -0.4 is 17.2 Å². The van der Waals surface area contributed by atoms with E-state index in [0.717, 1.165) is 0 Å². The maximum atomic E-state index is 11.3. The first-order valence-electron chi connectivity index (χ1n) is 5.69. The number of aliphatic imine (C=N–C) groups is 1. The lowest BCUT2D eigenvalue weighted by atomic mass is 10.2. The van der Waals surface area contributed by atoms with Gasteiger partial charge in [-0.15, -0.1) is 0 Å². The van der Waals surface area contributed by atoms with E-state index in [1.807, 2.05) is 0 Å². The Bertz CT molecular complexity index is 302. The van der Waals surface area contributed by atoms with Gasteiger partial charge in [-0.05, 0) is 19.3 Å². The topological polar surface area (TPSA) is 143 Å². The van der Waals surface area contributed by atoms with Gasteiger partial charge in [0.15, 0.2) is 5.96 Å². The molecule has 0 aromatic carbocycles. The molecule has 0 radical (unpaired) electrons. The number of carbonyl (C=O) groups is 2. The highest BCUT2D eigenvalue weighted by atomic mass is 17.2. The van der Waals surface area contributed by atoms with Gasteiger partial charge >= 0.3 is 11.9 Å². The average Bonchev–Trinajstić information content (AvgIpc) is 2.31. The van der Waals surface area contributed by atoms with Crippen molar-refractivity contribution >= 4 is 17.9 Å². The summed E-state index contributed by atoms with van der Waals surface area (Å²) in [5.41, 5.74) is 15.8. The molecule has 0 bridgehead atoms. The van der Waals surface area contributed by atoms with E-state index in [-0.39, 0.29) is 12.4 Å². The lowest BCUT2D eigenvalue weighted by Crippen LogP contribution is -2.33. The normalized spacial score (nSPS) is 11.4. The summed E-state index contributed by atoms with van der Waals surface area (Å²) in [6.45, 7) is 2.18. The van der Waals surface area contributed by atoms with Crippen LogP contribution in [0.15, 0.2) is 4.99 Å². The van der Waals surface area contributed by atoms with E-state index in [0.29, 0.717) is 25.8 Å². The fourth-order valence-electron chi connectivity index (χ4n) is 1.03. The molecule has 0 aromatic heterocycles. The van der Waals surface area contributed by atoms with Gasteiger partial charge in [0.05, 0.1) is 0 Å². The quantitative estimate of drug-likeness (QED) is 0.178. The number of hydrogen-bond acceptors (Lipinski definition) is 6. The summed E-state index contributed by atoms with van der Waals surface area (Å²) in [4.78, 5) is 34.5. The second kappa shape index (κ2) is 9.23. The molecule has 0 unspecified atom stereocenters. The third-order valence-electron chi connectivity index (χ3n) is 1.94. The number of carbonyl (C=O) groups excluding carboxylic acids is 2. The molecule has 104 valence electrons. The minimum absolute atomic E-state index is 0.0142. The summed E-state index contributed by atoms with van der Waals surface area (Å²) in [6, 6.07) is -0.867.